The maximum atomic E-state index is 12.8. The van der Waals surface area contributed by atoms with Crippen molar-refractivity contribution in [3.63, 3.8) is 0 Å². The molecule has 0 saturated heterocycles. The lowest BCUT2D eigenvalue weighted by molar-refractivity contribution is 0.0993. The molecule has 7 heteroatoms. The van der Waals surface area contributed by atoms with Crippen LogP contribution in [0.5, 0.6) is 11.5 Å². The molecule has 1 heterocycles. The summed E-state index contributed by atoms with van der Waals surface area (Å²) in [7, 11) is 3.14. The van der Waals surface area contributed by atoms with E-state index in [4.69, 9.17) is 13.9 Å². The largest absolute Gasteiger partial charge is 0.493 e. The minimum absolute atomic E-state index is 0.0390. The van der Waals surface area contributed by atoms with Gasteiger partial charge in [-0.3, -0.25) is 4.79 Å². The number of ether oxygens (including phenoxy) is 2. The summed E-state index contributed by atoms with van der Waals surface area (Å²) in [5, 5.41) is 8.15. The van der Waals surface area contributed by atoms with Gasteiger partial charge in [0.25, 0.3) is 5.22 Å². The van der Waals surface area contributed by atoms with E-state index in [2.05, 4.69) is 10.2 Å². The van der Waals surface area contributed by atoms with Gasteiger partial charge in [0.15, 0.2) is 17.3 Å². The molecule has 3 rings (SSSR count). The molecule has 1 aromatic heterocycles. The zero-order chi connectivity index (χ0) is 20.3. The maximum absolute atomic E-state index is 12.8. The number of rotatable bonds is 7. The van der Waals surface area contributed by atoms with Gasteiger partial charge >= 0.3 is 0 Å². The van der Waals surface area contributed by atoms with E-state index in [9.17, 15) is 4.79 Å². The number of aromatic nitrogens is 2. The van der Waals surface area contributed by atoms with Gasteiger partial charge < -0.3 is 13.9 Å². The van der Waals surface area contributed by atoms with E-state index in [1.54, 1.807) is 26.4 Å². The molecule has 0 unspecified atom stereocenters. The average molecular weight is 398 g/mol. The van der Waals surface area contributed by atoms with E-state index in [-0.39, 0.29) is 11.0 Å². The van der Waals surface area contributed by atoms with Crippen molar-refractivity contribution in [1.29, 1.82) is 0 Å². The van der Waals surface area contributed by atoms with Gasteiger partial charge in [-0.15, -0.1) is 10.2 Å². The van der Waals surface area contributed by atoms with Crippen LogP contribution in [0.1, 0.15) is 28.4 Å². The summed E-state index contributed by atoms with van der Waals surface area (Å²) in [4.78, 5) is 12.8. The van der Waals surface area contributed by atoms with Crippen molar-refractivity contribution in [2.75, 3.05) is 14.2 Å². The molecule has 146 valence electrons. The highest BCUT2D eigenvalue weighted by Crippen LogP contribution is 2.33. The molecular formula is C21H22N2O4S. The molecule has 1 atom stereocenters. The minimum Gasteiger partial charge on any atom is -0.493 e. The second-order valence-corrected chi connectivity index (χ2v) is 7.68. The molecular weight excluding hydrogens is 376 g/mol. The highest BCUT2D eigenvalue weighted by atomic mass is 32.2. The Labute approximate surface area is 168 Å². The molecule has 28 heavy (non-hydrogen) atoms. The fourth-order valence-electron chi connectivity index (χ4n) is 2.77. The Morgan fingerprint density at radius 1 is 1.04 bits per heavy atom. The van der Waals surface area contributed by atoms with Crippen LogP contribution in [0.15, 0.2) is 46.0 Å². The topological polar surface area (TPSA) is 74.5 Å². The third-order valence-corrected chi connectivity index (χ3v) is 5.28. The standard InChI is InChI=1S/C21H22N2O4S/c1-12-6-7-13(2)16(10-12)19(24)14(3)28-21-23-22-20(27-21)15-8-9-17(25-4)18(11-15)26-5/h6-11,14H,1-5H3/t14-/m1/s1. The van der Waals surface area contributed by atoms with Crippen molar-refractivity contribution in [1.82, 2.24) is 10.2 Å². The lowest BCUT2D eigenvalue weighted by Gasteiger charge is -2.10. The molecule has 0 bridgehead atoms. The SMILES string of the molecule is COc1ccc(-c2nnc(S[C@H](C)C(=O)c3cc(C)ccc3C)o2)cc1OC. The second-order valence-electron chi connectivity index (χ2n) is 6.39. The van der Waals surface area contributed by atoms with Crippen LogP contribution < -0.4 is 9.47 Å². The van der Waals surface area contributed by atoms with Crippen LogP contribution in [0.4, 0.5) is 0 Å². The van der Waals surface area contributed by atoms with Crippen molar-refractivity contribution in [3.05, 3.63) is 53.1 Å². The van der Waals surface area contributed by atoms with Crippen LogP contribution >= 0.6 is 11.8 Å². The first-order chi connectivity index (χ1) is 13.4. The van der Waals surface area contributed by atoms with Crippen LogP contribution in [0, 0.1) is 13.8 Å². The van der Waals surface area contributed by atoms with Crippen LogP contribution in [-0.4, -0.2) is 35.5 Å². The van der Waals surface area contributed by atoms with Crippen molar-refractivity contribution < 1.29 is 18.7 Å². The maximum Gasteiger partial charge on any atom is 0.277 e. The third kappa shape index (κ3) is 4.20. The van der Waals surface area contributed by atoms with Crippen LogP contribution in [-0.2, 0) is 0 Å². The number of carbonyl (C=O) groups excluding carboxylic acids is 1. The lowest BCUT2D eigenvalue weighted by Crippen LogP contribution is -2.15. The van der Waals surface area contributed by atoms with Gasteiger partial charge in [0.1, 0.15) is 0 Å². The fraction of sp³-hybridized carbons (Fsp3) is 0.286. The van der Waals surface area contributed by atoms with Gasteiger partial charge in [0.05, 0.1) is 19.5 Å². The molecule has 6 nitrogen and oxygen atoms in total. The normalized spacial score (nSPS) is 11.9. The Kier molecular flexibility index (Phi) is 6.04. The molecule has 0 aliphatic carbocycles. The second kappa shape index (κ2) is 8.48. The Morgan fingerprint density at radius 2 is 1.79 bits per heavy atom. The molecule has 0 N–H and O–H groups in total. The molecule has 0 radical (unpaired) electrons. The predicted octanol–water partition coefficient (Wildman–Crippen LogP) is 4.73. The number of thioether (sulfide) groups is 1. The average Bonchev–Trinajstić information content (AvgIpc) is 3.17. The van der Waals surface area contributed by atoms with E-state index >= 15 is 0 Å². The first-order valence-electron chi connectivity index (χ1n) is 8.77. The number of ketones is 1. The Balaban J connectivity index is 1.77. The molecule has 0 aliphatic heterocycles. The van der Waals surface area contributed by atoms with Gasteiger partial charge in [-0.2, -0.15) is 0 Å². The van der Waals surface area contributed by atoms with Gasteiger partial charge in [-0.05, 0) is 50.6 Å². The summed E-state index contributed by atoms with van der Waals surface area (Å²) in [5.74, 6) is 1.59. The number of hydrogen-bond donors (Lipinski definition) is 0. The van der Waals surface area contributed by atoms with Gasteiger partial charge in [-0.1, -0.05) is 29.5 Å². The Morgan fingerprint density at radius 3 is 2.50 bits per heavy atom. The monoisotopic (exact) mass is 398 g/mol. The number of nitrogens with zero attached hydrogens (tertiary/aromatic N) is 2. The minimum atomic E-state index is -0.348. The molecule has 0 saturated carbocycles. The molecule has 3 aromatic rings. The smallest absolute Gasteiger partial charge is 0.277 e. The van der Waals surface area contributed by atoms with Crippen molar-refractivity contribution in [3.8, 4) is 23.0 Å². The first-order valence-corrected chi connectivity index (χ1v) is 9.65. The lowest BCUT2D eigenvalue weighted by atomic mass is 10.0. The fourth-order valence-corrected chi connectivity index (χ4v) is 3.52. The summed E-state index contributed by atoms with van der Waals surface area (Å²) in [6.07, 6.45) is 0. The summed E-state index contributed by atoms with van der Waals surface area (Å²) in [6, 6.07) is 11.2. The van der Waals surface area contributed by atoms with Gasteiger partial charge in [0.2, 0.25) is 5.89 Å². The quantitative estimate of drug-likeness (QED) is 0.420. The number of hydrogen-bond acceptors (Lipinski definition) is 7. The Hall–Kier alpha value is -2.80. The van der Waals surface area contributed by atoms with Crippen LogP contribution in [0.25, 0.3) is 11.5 Å². The number of benzene rings is 2. The van der Waals surface area contributed by atoms with Crippen molar-refractivity contribution in [2.24, 2.45) is 0 Å². The van der Waals surface area contributed by atoms with E-state index in [0.717, 1.165) is 16.7 Å². The zero-order valence-corrected chi connectivity index (χ0v) is 17.3. The third-order valence-electron chi connectivity index (χ3n) is 4.34. The zero-order valence-electron chi connectivity index (χ0n) is 16.5. The predicted molar refractivity (Wildman–Crippen MR) is 108 cm³/mol. The van der Waals surface area contributed by atoms with Crippen molar-refractivity contribution >= 4 is 17.5 Å². The van der Waals surface area contributed by atoms with Crippen LogP contribution in [0.2, 0.25) is 0 Å². The van der Waals surface area contributed by atoms with Gasteiger partial charge in [-0.25, -0.2) is 0 Å². The van der Waals surface area contributed by atoms with E-state index in [0.29, 0.717) is 28.2 Å². The number of methoxy groups -OCH3 is 2. The molecule has 0 spiro atoms. The van der Waals surface area contributed by atoms with Crippen LogP contribution in [0.3, 0.4) is 0 Å². The summed E-state index contributed by atoms with van der Waals surface area (Å²) in [5.41, 5.74) is 3.45. The number of Topliss-reactive ketones (excluding diaryl/α,β-unsaturated/α-hetero) is 1. The highest BCUT2D eigenvalue weighted by molar-refractivity contribution is 8.00. The number of aryl methyl sites for hydroxylation is 2. The molecule has 0 fully saturated rings. The summed E-state index contributed by atoms with van der Waals surface area (Å²) >= 11 is 1.25. The van der Waals surface area contributed by atoms with E-state index in [1.807, 2.05) is 45.0 Å². The molecule has 2 aromatic carbocycles. The molecule has 0 aliphatic rings. The highest BCUT2D eigenvalue weighted by Gasteiger charge is 2.22. The Bertz CT molecular complexity index is 1000. The number of carbonyl (C=O) groups is 1. The first kappa shape index (κ1) is 19.9. The van der Waals surface area contributed by atoms with Gasteiger partial charge in [0, 0.05) is 11.1 Å². The van der Waals surface area contributed by atoms with E-state index < -0.39 is 0 Å². The van der Waals surface area contributed by atoms with Crippen molar-refractivity contribution in [2.45, 2.75) is 31.2 Å². The summed E-state index contributed by atoms with van der Waals surface area (Å²) < 4.78 is 16.3. The van der Waals surface area contributed by atoms with E-state index in [1.165, 1.54) is 11.8 Å². The molecule has 0 amide bonds. The summed E-state index contributed by atoms with van der Waals surface area (Å²) in [6.45, 7) is 5.75.